The van der Waals surface area contributed by atoms with Gasteiger partial charge in [0.1, 0.15) is 11.5 Å². The number of fused-ring (bicyclic) bond motifs is 1. The van der Waals surface area contributed by atoms with Crippen molar-refractivity contribution in [3.05, 3.63) is 96.1 Å². The Morgan fingerprint density at radius 2 is 1.66 bits per heavy atom. The van der Waals surface area contributed by atoms with E-state index in [0.29, 0.717) is 40.3 Å². The molecule has 7 heteroatoms. The molecular weight excluding hydrogens is 440 g/mol. The minimum atomic E-state index is -0.214. The van der Waals surface area contributed by atoms with E-state index in [1.807, 2.05) is 78.9 Å². The minimum absolute atomic E-state index is 0.214. The van der Waals surface area contributed by atoms with Gasteiger partial charge in [-0.3, -0.25) is 9.89 Å². The normalized spacial score (nSPS) is 10.8. The number of para-hydroxylation sites is 1. The summed E-state index contributed by atoms with van der Waals surface area (Å²) < 4.78 is 10.8. The van der Waals surface area contributed by atoms with Gasteiger partial charge in [-0.2, -0.15) is 5.10 Å². The average molecular weight is 465 g/mol. The summed E-state index contributed by atoms with van der Waals surface area (Å²) >= 11 is 0. The number of hydrogen-bond donors (Lipinski definition) is 2. The molecule has 0 spiro atoms. The van der Waals surface area contributed by atoms with Crippen molar-refractivity contribution in [1.29, 1.82) is 0 Å². The zero-order chi connectivity index (χ0) is 24.2. The molecule has 5 rings (SSSR count). The Morgan fingerprint density at radius 1 is 0.914 bits per heavy atom. The topological polar surface area (TPSA) is 89.1 Å². The Bertz CT molecular complexity index is 1480. The number of ether oxygens (including phenoxy) is 2. The molecule has 0 bridgehead atoms. The molecule has 0 saturated heterocycles. The van der Waals surface area contributed by atoms with Crippen LogP contribution in [0.1, 0.15) is 15.9 Å². The van der Waals surface area contributed by atoms with Gasteiger partial charge in [0, 0.05) is 17.7 Å². The smallest absolute Gasteiger partial charge is 0.252 e. The highest BCUT2D eigenvalue weighted by Gasteiger charge is 2.21. The lowest BCUT2D eigenvalue weighted by Crippen LogP contribution is -2.23. The van der Waals surface area contributed by atoms with Crippen LogP contribution in [0.2, 0.25) is 0 Å². The summed E-state index contributed by atoms with van der Waals surface area (Å²) in [6.07, 6.45) is 0. The van der Waals surface area contributed by atoms with Gasteiger partial charge in [0.2, 0.25) is 0 Å². The lowest BCUT2D eigenvalue weighted by molar-refractivity contribution is 0.0952. The zero-order valence-corrected chi connectivity index (χ0v) is 19.4. The third kappa shape index (κ3) is 4.44. The van der Waals surface area contributed by atoms with Crippen LogP contribution < -0.4 is 14.8 Å². The number of H-pyrrole nitrogens is 1. The molecule has 3 aromatic carbocycles. The van der Waals surface area contributed by atoms with Crippen LogP contribution in [0.15, 0.2) is 84.9 Å². The van der Waals surface area contributed by atoms with Crippen molar-refractivity contribution < 1.29 is 14.3 Å². The summed E-state index contributed by atoms with van der Waals surface area (Å²) in [5, 5.41) is 11.2. The van der Waals surface area contributed by atoms with Crippen LogP contribution in [-0.4, -0.2) is 35.3 Å². The summed E-state index contributed by atoms with van der Waals surface area (Å²) in [5.41, 5.74) is 4.91. The maximum absolute atomic E-state index is 13.5. The first-order valence-corrected chi connectivity index (χ1v) is 11.2. The van der Waals surface area contributed by atoms with Crippen molar-refractivity contribution in [2.24, 2.45) is 0 Å². The predicted octanol–water partition coefficient (Wildman–Crippen LogP) is 5.24. The highest BCUT2D eigenvalue weighted by molar-refractivity contribution is 6.11. The van der Waals surface area contributed by atoms with E-state index in [1.165, 1.54) is 0 Å². The Hall–Kier alpha value is -4.65. The van der Waals surface area contributed by atoms with Gasteiger partial charge in [0.25, 0.3) is 5.91 Å². The van der Waals surface area contributed by atoms with Gasteiger partial charge in [0.15, 0.2) is 5.65 Å². The number of pyridine rings is 1. The summed E-state index contributed by atoms with van der Waals surface area (Å²) in [5.74, 6) is 1.20. The Balaban J connectivity index is 1.63. The number of benzene rings is 3. The van der Waals surface area contributed by atoms with Crippen molar-refractivity contribution >= 4 is 16.9 Å². The fourth-order valence-corrected chi connectivity index (χ4v) is 4.04. The fraction of sp³-hybridized carbons (Fsp3) is 0.107. The summed E-state index contributed by atoms with van der Waals surface area (Å²) in [7, 11) is 3.24. The van der Waals surface area contributed by atoms with E-state index in [4.69, 9.17) is 14.5 Å². The van der Waals surface area contributed by atoms with E-state index < -0.39 is 0 Å². The number of rotatable bonds is 7. The molecule has 2 aromatic heterocycles. The third-order valence-corrected chi connectivity index (χ3v) is 5.83. The quantitative estimate of drug-likeness (QED) is 0.344. The van der Waals surface area contributed by atoms with Crippen LogP contribution in [0.25, 0.3) is 33.5 Å². The van der Waals surface area contributed by atoms with Crippen molar-refractivity contribution in [2.45, 2.75) is 6.54 Å². The molecule has 0 radical (unpaired) electrons. The number of nitrogens with zero attached hydrogens (tertiary/aromatic N) is 2. The van der Waals surface area contributed by atoms with E-state index in [2.05, 4.69) is 15.5 Å². The first-order chi connectivity index (χ1) is 17.2. The summed E-state index contributed by atoms with van der Waals surface area (Å²) in [6, 6.07) is 26.8. The van der Waals surface area contributed by atoms with Crippen molar-refractivity contribution in [2.75, 3.05) is 14.2 Å². The highest BCUT2D eigenvalue weighted by Crippen LogP contribution is 2.34. The van der Waals surface area contributed by atoms with Crippen molar-refractivity contribution in [1.82, 2.24) is 20.5 Å². The van der Waals surface area contributed by atoms with E-state index in [1.54, 1.807) is 20.3 Å². The molecule has 174 valence electrons. The van der Waals surface area contributed by atoms with E-state index in [9.17, 15) is 4.79 Å². The number of nitrogens with one attached hydrogen (secondary N) is 2. The summed E-state index contributed by atoms with van der Waals surface area (Å²) in [6.45, 7) is 0.406. The second-order valence-electron chi connectivity index (χ2n) is 7.95. The SMILES string of the molecule is COc1ccc(-c2[nH]nc3nc(-c4ccccc4OC)cc(C(=O)NCc4ccccc4)c23)cc1. The van der Waals surface area contributed by atoms with E-state index in [-0.39, 0.29) is 5.91 Å². The average Bonchev–Trinajstić information content (AvgIpc) is 3.36. The van der Waals surface area contributed by atoms with Crippen LogP contribution in [0.4, 0.5) is 0 Å². The first-order valence-electron chi connectivity index (χ1n) is 11.2. The Labute approximate surface area is 202 Å². The molecule has 1 amide bonds. The molecule has 35 heavy (non-hydrogen) atoms. The number of aromatic nitrogens is 3. The largest absolute Gasteiger partial charge is 0.497 e. The zero-order valence-electron chi connectivity index (χ0n) is 19.4. The highest BCUT2D eigenvalue weighted by atomic mass is 16.5. The van der Waals surface area contributed by atoms with Gasteiger partial charge < -0.3 is 14.8 Å². The second kappa shape index (κ2) is 9.69. The first kappa shape index (κ1) is 22.2. The van der Waals surface area contributed by atoms with Crippen LogP contribution in [0.3, 0.4) is 0 Å². The lowest BCUT2D eigenvalue weighted by Gasteiger charge is -2.12. The number of hydrogen-bond acceptors (Lipinski definition) is 5. The molecule has 0 unspecified atom stereocenters. The molecule has 5 aromatic rings. The monoisotopic (exact) mass is 464 g/mol. The van der Waals surface area contributed by atoms with Crippen molar-refractivity contribution in [3.8, 4) is 34.0 Å². The minimum Gasteiger partial charge on any atom is -0.497 e. The van der Waals surface area contributed by atoms with Gasteiger partial charge in [-0.15, -0.1) is 0 Å². The number of methoxy groups -OCH3 is 2. The summed E-state index contributed by atoms with van der Waals surface area (Å²) in [4.78, 5) is 18.3. The Morgan fingerprint density at radius 3 is 2.40 bits per heavy atom. The number of carbonyl (C=O) groups excluding carboxylic acids is 1. The second-order valence-corrected chi connectivity index (χ2v) is 7.95. The molecule has 0 aliphatic rings. The van der Waals surface area contributed by atoms with E-state index in [0.717, 1.165) is 22.4 Å². The Kier molecular flexibility index (Phi) is 6.13. The van der Waals surface area contributed by atoms with Crippen LogP contribution in [0.5, 0.6) is 11.5 Å². The molecule has 2 heterocycles. The van der Waals surface area contributed by atoms with Crippen LogP contribution in [-0.2, 0) is 6.54 Å². The molecule has 0 aliphatic heterocycles. The molecule has 0 fully saturated rings. The van der Waals surface area contributed by atoms with Crippen LogP contribution >= 0.6 is 0 Å². The van der Waals surface area contributed by atoms with Crippen molar-refractivity contribution in [3.63, 3.8) is 0 Å². The van der Waals surface area contributed by atoms with Crippen LogP contribution in [0, 0.1) is 0 Å². The van der Waals surface area contributed by atoms with Gasteiger partial charge in [-0.25, -0.2) is 4.98 Å². The maximum Gasteiger partial charge on any atom is 0.252 e. The molecule has 0 atom stereocenters. The number of aromatic amines is 1. The van der Waals surface area contributed by atoms with Gasteiger partial charge in [-0.1, -0.05) is 42.5 Å². The predicted molar refractivity (Wildman–Crippen MR) is 135 cm³/mol. The molecular formula is C28H24N4O3. The number of amides is 1. The molecule has 0 saturated carbocycles. The maximum atomic E-state index is 13.5. The third-order valence-electron chi connectivity index (χ3n) is 5.83. The molecule has 0 aliphatic carbocycles. The van der Waals surface area contributed by atoms with Gasteiger partial charge in [-0.05, 0) is 48.0 Å². The molecule has 2 N–H and O–H groups in total. The van der Waals surface area contributed by atoms with Gasteiger partial charge >= 0.3 is 0 Å². The number of carbonyl (C=O) groups is 1. The fourth-order valence-electron chi connectivity index (χ4n) is 4.04. The van der Waals surface area contributed by atoms with Gasteiger partial charge in [0.05, 0.1) is 36.6 Å². The standard InChI is InChI=1S/C28H24N4O3/c1-34-20-14-12-19(13-15-20)26-25-22(28(33)29-17-18-8-4-3-5-9-18)16-23(30-27(25)32-31-26)21-10-6-7-11-24(21)35-2/h3-16H,17H2,1-2H3,(H,29,33)(H,30,31,32). The van der Waals surface area contributed by atoms with E-state index >= 15 is 0 Å². The molecule has 7 nitrogen and oxygen atoms in total. The lowest BCUT2D eigenvalue weighted by atomic mass is 10.0.